The van der Waals surface area contributed by atoms with Crippen LogP contribution in [0.25, 0.3) is 0 Å². The monoisotopic (exact) mass is 309 g/mol. The number of aryl methyl sites for hydroxylation is 2. The summed E-state index contributed by atoms with van der Waals surface area (Å²) in [4.78, 5) is 20.0. The van der Waals surface area contributed by atoms with E-state index in [2.05, 4.69) is 24.1 Å². The summed E-state index contributed by atoms with van der Waals surface area (Å²) in [5.41, 5.74) is 0.906. The Bertz CT molecular complexity index is 464. The Morgan fingerprint density at radius 2 is 2.10 bits per heavy atom. The number of carbonyl (C=O) groups excluding carboxylic acids is 1. The largest absolute Gasteiger partial charge is 0.338 e. The average molecular weight is 309 g/mol. The summed E-state index contributed by atoms with van der Waals surface area (Å²) in [6.07, 6.45) is 4.27. The van der Waals surface area contributed by atoms with E-state index in [0.29, 0.717) is 5.92 Å². The summed E-state index contributed by atoms with van der Waals surface area (Å²) >= 11 is 1.59. The smallest absolute Gasteiger partial charge is 0.265 e. The van der Waals surface area contributed by atoms with Gasteiger partial charge in [0.05, 0.1) is 10.7 Å². The van der Waals surface area contributed by atoms with Crippen LogP contribution in [0.1, 0.15) is 53.5 Å². The third kappa shape index (κ3) is 4.27. The SMILES string of the molecule is CCCc1nc(C)c(C(=O)N2CCC(CNCC)CC2)s1. The predicted molar refractivity (Wildman–Crippen MR) is 88.0 cm³/mol. The molecule has 1 saturated heterocycles. The minimum Gasteiger partial charge on any atom is -0.338 e. The van der Waals surface area contributed by atoms with Crippen molar-refractivity contribution in [2.75, 3.05) is 26.2 Å². The van der Waals surface area contributed by atoms with E-state index in [1.165, 1.54) is 0 Å². The second kappa shape index (κ2) is 7.90. The van der Waals surface area contributed by atoms with Crippen LogP contribution in [0.15, 0.2) is 0 Å². The van der Waals surface area contributed by atoms with Crippen LogP contribution in [0.5, 0.6) is 0 Å². The standard InChI is InChI=1S/C16H27N3OS/c1-4-6-14-18-12(3)15(21-14)16(20)19-9-7-13(8-10-19)11-17-5-2/h13,17H,4-11H2,1-3H3. The van der Waals surface area contributed by atoms with Crippen LogP contribution in [0.2, 0.25) is 0 Å². The number of rotatable bonds is 6. The molecule has 4 nitrogen and oxygen atoms in total. The second-order valence-corrected chi connectivity index (χ2v) is 6.90. The minimum atomic E-state index is 0.189. The van der Waals surface area contributed by atoms with Gasteiger partial charge in [0.25, 0.3) is 5.91 Å². The molecule has 1 N–H and O–H groups in total. The fourth-order valence-corrected chi connectivity index (χ4v) is 3.94. The molecule has 0 saturated carbocycles. The van der Waals surface area contributed by atoms with Crippen molar-refractivity contribution in [1.29, 1.82) is 0 Å². The fraction of sp³-hybridized carbons (Fsp3) is 0.750. The van der Waals surface area contributed by atoms with E-state index >= 15 is 0 Å². The topological polar surface area (TPSA) is 45.2 Å². The van der Waals surface area contributed by atoms with Crippen LogP contribution in [-0.4, -0.2) is 42.0 Å². The van der Waals surface area contributed by atoms with Crippen LogP contribution in [0.3, 0.4) is 0 Å². The molecule has 0 aromatic carbocycles. The van der Waals surface area contributed by atoms with Crippen LogP contribution >= 0.6 is 11.3 Å². The predicted octanol–water partition coefficient (Wildman–Crippen LogP) is 2.87. The van der Waals surface area contributed by atoms with Crippen LogP contribution in [0, 0.1) is 12.8 Å². The number of amides is 1. The van der Waals surface area contributed by atoms with Crippen molar-refractivity contribution >= 4 is 17.2 Å². The number of carbonyl (C=O) groups is 1. The molecule has 1 aliphatic rings. The first-order valence-corrected chi connectivity index (χ1v) is 8.93. The summed E-state index contributed by atoms with van der Waals surface area (Å²) in [5.74, 6) is 0.904. The van der Waals surface area contributed by atoms with E-state index in [1.54, 1.807) is 11.3 Å². The number of nitrogens with zero attached hydrogens (tertiary/aromatic N) is 2. The maximum atomic E-state index is 12.6. The highest BCUT2D eigenvalue weighted by molar-refractivity contribution is 7.13. The molecular weight excluding hydrogens is 282 g/mol. The summed E-state index contributed by atoms with van der Waals surface area (Å²) in [7, 11) is 0. The molecule has 5 heteroatoms. The van der Waals surface area contributed by atoms with Crippen LogP contribution in [-0.2, 0) is 6.42 Å². The lowest BCUT2D eigenvalue weighted by atomic mass is 9.96. The van der Waals surface area contributed by atoms with Gasteiger partial charge in [-0.15, -0.1) is 11.3 Å². The third-order valence-corrected chi connectivity index (χ3v) is 5.29. The number of hydrogen-bond donors (Lipinski definition) is 1. The Morgan fingerprint density at radius 1 is 1.38 bits per heavy atom. The number of hydrogen-bond acceptors (Lipinski definition) is 4. The average Bonchev–Trinajstić information content (AvgIpc) is 2.86. The van der Waals surface area contributed by atoms with Gasteiger partial charge < -0.3 is 10.2 Å². The van der Waals surface area contributed by atoms with E-state index in [0.717, 1.165) is 67.4 Å². The van der Waals surface area contributed by atoms with E-state index in [-0.39, 0.29) is 5.91 Å². The lowest BCUT2D eigenvalue weighted by molar-refractivity contribution is 0.0694. The molecule has 0 bridgehead atoms. The molecule has 21 heavy (non-hydrogen) atoms. The van der Waals surface area contributed by atoms with E-state index in [9.17, 15) is 4.79 Å². The van der Waals surface area contributed by atoms with Gasteiger partial charge in [-0.3, -0.25) is 4.79 Å². The summed E-state index contributed by atoms with van der Waals surface area (Å²) in [5, 5.41) is 4.51. The second-order valence-electron chi connectivity index (χ2n) is 5.82. The van der Waals surface area contributed by atoms with E-state index < -0.39 is 0 Å². The molecule has 1 aromatic rings. The van der Waals surface area contributed by atoms with Gasteiger partial charge in [-0.1, -0.05) is 13.8 Å². The molecule has 0 unspecified atom stereocenters. The number of thiazole rings is 1. The Hall–Kier alpha value is -0.940. The molecule has 0 spiro atoms. The van der Waals surface area contributed by atoms with Crippen molar-refractivity contribution in [3.63, 3.8) is 0 Å². The number of piperidine rings is 1. The molecule has 2 rings (SSSR count). The first kappa shape index (κ1) is 16.4. The molecule has 1 aromatic heterocycles. The Labute approximate surface area is 132 Å². The van der Waals surface area contributed by atoms with Gasteiger partial charge in [0.1, 0.15) is 4.88 Å². The quantitative estimate of drug-likeness (QED) is 0.879. The molecule has 0 atom stereocenters. The highest BCUT2D eigenvalue weighted by Crippen LogP contribution is 2.24. The molecule has 0 aliphatic carbocycles. The van der Waals surface area contributed by atoms with Crippen molar-refractivity contribution in [1.82, 2.24) is 15.2 Å². The zero-order chi connectivity index (χ0) is 15.2. The Morgan fingerprint density at radius 3 is 2.71 bits per heavy atom. The normalized spacial score (nSPS) is 16.4. The summed E-state index contributed by atoms with van der Waals surface area (Å²) in [6.45, 7) is 10.1. The molecule has 118 valence electrons. The van der Waals surface area contributed by atoms with Crippen molar-refractivity contribution in [3.8, 4) is 0 Å². The molecule has 1 amide bonds. The molecule has 1 aliphatic heterocycles. The zero-order valence-electron chi connectivity index (χ0n) is 13.4. The third-order valence-electron chi connectivity index (χ3n) is 4.08. The van der Waals surface area contributed by atoms with Crippen LogP contribution < -0.4 is 5.32 Å². The summed E-state index contributed by atoms with van der Waals surface area (Å²) in [6, 6.07) is 0. The zero-order valence-corrected chi connectivity index (χ0v) is 14.3. The Balaban J connectivity index is 1.92. The number of aromatic nitrogens is 1. The molecule has 0 radical (unpaired) electrons. The first-order valence-electron chi connectivity index (χ1n) is 8.12. The van der Waals surface area contributed by atoms with Crippen molar-refractivity contribution < 1.29 is 4.79 Å². The van der Waals surface area contributed by atoms with Crippen LogP contribution in [0.4, 0.5) is 0 Å². The number of nitrogens with one attached hydrogen (secondary N) is 1. The van der Waals surface area contributed by atoms with E-state index in [1.807, 2.05) is 11.8 Å². The summed E-state index contributed by atoms with van der Waals surface area (Å²) < 4.78 is 0. The van der Waals surface area contributed by atoms with Crippen molar-refractivity contribution in [2.45, 2.75) is 46.5 Å². The van der Waals surface area contributed by atoms with Gasteiger partial charge in [0.2, 0.25) is 0 Å². The lowest BCUT2D eigenvalue weighted by Gasteiger charge is -2.31. The minimum absolute atomic E-state index is 0.189. The van der Waals surface area contributed by atoms with Gasteiger partial charge in [-0.2, -0.15) is 0 Å². The van der Waals surface area contributed by atoms with Gasteiger partial charge in [-0.25, -0.2) is 4.98 Å². The molecule has 1 fully saturated rings. The first-order chi connectivity index (χ1) is 10.2. The van der Waals surface area contributed by atoms with E-state index in [4.69, 9.17) is 0 Å². The maximum Gasteiger partial charge on any atom is 0.265 e. The fourth-order valence-electron chi connectivity index (χ4n) is 2.80. The molecular formula is C16H27N3OS. The van der Waals surface area contributed by atoms with Gasteiger partial charge in [0.15, 0.2) is 0 Å². The lowest BCUT2D eigenvalue weighted by Crippen LogP contribution is -2.40. The molecule has 2 heterocycles. The number of likely N-dealkylation sites (tertiary alicyclic amines) is 1. The highest BCUT2D eigenvalue weighted by atomic mass is 32.1. The maximum absolute atomic E-state index is 12.6. The Kier molecular flexibility index (Phi) is 6.18. The van der Waals surface area contributed by atoms with Gasteiger partial charge >= 0.3 is 0 Å². The highest BCUT2D eigenvalue weighted by Gasteiger charge is 2.26. The van der Waals surface area contributed by atoms with Gasteiger partial charge in [0, 0.05) is 13.1 Å². The van der Waals surface area contributed by atoms with Gasteiger partial charge in [-0.05, 0) is 51.6 Å². The van der Waals surface area contributed by atoms with Crippen molar-refractivity contribution in [2.24, 2.45) is 5.92 Å². The van der Waals surface area contributed by atoms with Crippen molar-refractivity contribution in [3.05, 3.63) is 15.6 Å².